The van der Waals surface area contributed by atoms with Gasteiger partial charge in [0.1, 0.15) is 5.75 Å². The Balaban J connectivity index is 1.52. The zero-order valence-corrected chi connectivity index (χ0v) is 18.7. The van der Waals surface area contributed by atoms with Crippen LogP contribution in [-0.4, -0.2) is 46.9 Å². The molecule has 2 heterocycles. The van der Waals surface area contributed by atoms with E-state index in [2.05, 4.69) is 10.1 Å². The van der Waals surface area contributed by atoms with Gasteiger partial charge in [-0.3, -0.25) is 10.2 Å². The molecule has 0 aromatic heterocycles. The minimum atomic E-state index is -3.60. The molecule has 0 unspecified atom stereocenters. The van der Waals surface area contributed by atoms with Crippen LogP contribution in [0.15, 0.2) is 64.2 Å². The maximum absolute atomic E-state index is 12.4. The maximum atomic E-state index is 12.4. The number of hydrogen-bond donors (Lipinski definition) is 1. The average Bonchev–Trinajstić information content (AvgIpc) is 3.17. The van der Waals surface area contributed by atoms with Gasteiger partial charge in [0.25, 0.3) is 5.91 Å². The summed E-state index contributed by atoms with van der Waals surface area (Å²) in [6, 6.07) is 12.5. The minimum absolute atomic E-state index is 0.0158. The number of amidine groups is 2. The normalized spacial score (nSPS) is 17.2. The standard InChI is InChI=1S/C20H13ClN4O5S2/c1-32(28,29)20-24-25-16(22)15(17(26)23-19(25)31-20)10-11-2-8-14(9-3-11)30-18(27)12-4-6-13(21)7-5-12/h2-10,22H,1H3/b15-10-,22-16?. The zero-order chi connectivity index (χ0) is 23.0. The Morgan fingerprint density at radius 1 is 1.16 bits per heavy atom. The smallest absolute Gasteiger partial charge is 0.343 e. The topological polar surface area (TPSA) is 129 Å². The number of nitrogens with one attached hydrogen (secondary N) is 1. The summed E-state index contributed by atoms with van der Waals surface area (Å²) in [5, 5.41) is 13.7. The monoisotopic (exact) mass is 488 g/mol. The number of nitrogens with zero attached hydrogens (tertiary/aromatic N) is 3. The van der Waals surface area contributed by atoms with Crippen LogP contribution in [0.25, 0.3) is 6.08 Å². The van der Waals surface area contributed by atoms with Gasteiger partial charge in [-0.05, 0) is 59.8 Å². The molecule has 2 aliphatic rings. The molecule has 1 amide bonds. The average molecular weight is 489 g/mol. The number of aliphatic imine (C=N–C) groups is 1. The van der Waals surface area contributed by atoms with Gasteiger partial charge in [-0.1, -0.05) is 23.7 Å². The lowest BCUT2D eigenvalue weighted by Crippen LogP contribution is -2.35. The van der Waals surface area contributed by atoms with Crippen LogP contribution in [0.4, 0.5) is 0 Å². The van der Waals surface area contributed by atoms with E-state index in [9.17, 15) is 18.0 Å². The number of amides is 1. The number of thioether (sulfide) groups is 1. The van der Waals surface area contributed by atoms with Gasteiger partial charge in [-0.2, -0.15) is 10.0 Å². The van der Waals surface area contributed by atoms with Crippen LogP contribution in [0, 0.1) is 5.41 Å². The maximum Gasteiger partial charge on any atom is 0.343 e. The van der Waals surface area contributed by atoms with Gasteiger partial charge >= 0.3 is 5.97 Å². The highest BCUT2D eigenvalue weighted by Crippen LogP contribution is 2.30. The van der Waals surface area contributed by atoms with Crippen LogP contribution >= 0.6 is 23.4 Å². The van der Waals surface area contributed by atoms with Gasteiger partial charge in [0, 0.05) is 11.3 Å². The summed E-state index contributed by atoms with van der Waals surface area (Å²) in [5.41, 5.74) is 0.828. The molecule has 2 aliphatic heterocycles. The second kappa shape index (κ2) is 8.34. The fourth-order valence-corrected chi connectivity index (χ4v) is 4.49. The Bertz CT molecular complexity index is 1350. The first kappa shape index (κ1) is 21.9. The third-order valence-electron chi connectivity index (χ3n) is 4.23. The SMILES string of the molecule is CS(=O)(=O)C1=NN2C(=N)/C(=C/c3ccc(OC(=O)c4ccc(Cl)cc4)cc3)C(=O)N=C2S1. The van der Waals surface area contributed by atoms with E-state index in [-0.39, 0.29) is 26.7 Å². The highest BCUT2D eigenvalue weighted by molar-refractivity contribution is 8.42. The Kier molecular flexibility index (Phi) is 5.71. The fraction of sp³-hybridized carbons (Fsp3) is 0.0500. The molecule has 0 spiro atoms. The summed E-state index contributed by atoms with van der Waals surface area (Å²) in [6.07, 6.45) is 2.41. The number of rotatable bonds is 3. The summed E-state index contributed by atoms with van der Waals surface area (Å²) in [4.78, 5) is 28.4. The van der Waals surface area contributed by atoms with Gasteiger partial charge in [-0.25, -0.2) is 13.2 Å². The number of sulfone groups is 1. The van der Waals surface area contributed by atoms with E-state index < -0.39 is 21.7 Å². The first-order valence-corrected chi connectivity index (χ1v) is 12.0. The highest BCUT2D eigenvalue weighted by Gasteiger charge is 2.38. The molecular formula is C20H13ClN4O5S2. The van der Waals surface area contributed by atoms with Gasteiger partial charge in [0.2, 0.25) is 19.4 Å². The molecule has 1 N–H and O–H groups in total. The summed E-state index contributed by atoms with van der Waals surface area (Å²) in [6.45, 7) is 0. The van der Waals surface area contributed by atoms with Crippen molar-refractivity contribution in [3.8, 4) is 5.75 Å². The van der Waals surface area contributed by atoms with Crippen molar-refractivity contribution in [2.24, 2.45) is 10.1 Å². The number of esters is 1. The molecule has 0 bridgehead atoms. The van der Waals surface area contributed by atoms with Crippen LogP contribution in [0.3, 0.4) is 0 Å². The van der Waals surface area contributed by atoms with Gasteiger partial charge < -0.3 is 4.74 Å². The molecular weight excluding hydrogens is 476 g/mol. The second-order valence-corrected chi connectivity index (χ2v) is 10.2. The van der Waals surface area contributed by atoms with Crippen LogP contribution in [-0.2, 0) is 14.6 Å². The van der Waals surface area contributed by atoms with E-state index in [0.717, 1.165) is 23.0 Å². The van der Waals surface area contributed by atoms with Crippen molar-refractivity contribution in [3.63, 3.8) is 0 Å². The van der Waals surface area contributed by atoms with Crippen LogP contribution in [0.2, 0.25) is 5.02 Å². The minimum Gasteiger partial charge on any atom is -0.423 e. The van der Waals surface area contributed by atoms with Crippen LogP contribution in [0.1, 0.15) is 15.9 Å². The van der Waals surface area contributed by atoms with Gasteiger partial charge in [-0.15, -0.1) is 5.10 Å². The van der Waals surface area contributed by atoms with E-state index in [1.165, 1.54) is 18.2 Å². The summed E-state index contributed by atoms with van der Waals surface area (Å²) < 4.78 is 28.5. The predicted molar refractivity (Wildman–Crippen MR) is 123 cm³/mol. The Morgan fingerprint density at radius 3 is 2.44 bits per heavy atom. The summed E-state index contributed by atoms with van der Waals surface area (Å²) in [5.74, 6) is -1.23. The molecule has 2 aromatic rings. The van der Waals surface area contributed by atoms with E-state index in [1.807, 2.05) is 0 Å². The van der Waals surface area contributed by atoms with Crippen molar-refractivity contribution in [3.05, 3.63) is 70.3 Å². The van der Waals surface area contributed by atoms with E-state index >= 15 is 0 Å². The number of ether oxygens (including phenoxy) is 1. The van der Waals surface area contributed by atoms with Crippen molar-refractivity contribution in [2.45, 2.75) is 0 Å². The number of carbonyl (C=O) groups is 2. The Morgan fingerprint density at radius 2 is 1.81 bits per heavy atom. The number of halogens is 1. The lowest BCUT2D eigenvalue weighted by atomic mass is 10.1. The fourth-order valence-electron chi connectivity index (χ4n) is 2.68. The van der Waals surface area contributed by atoms with Crippen LogP contribution in [0.5, 0.6) is 5.75 Å². The molecule has 0 saturated carbocycles. The summed E-state index contributed by atoms with van der Waals surface area (Å²) >= 11 is 6.53. The number of hydrazone groups is 1. The molecule has 0 saturated heterocycles. The molecule has 0 radical (unpaired) electrons. The molecule has 2 aromatic carbocycles. The van der Waals surface area contributed by atoms with Crippen molar-refractivity contribution >= 4 is 66.5 Å². The molecule has 0 aliphatic carbocycles. The Labute approximate surface area is 191 Å². The quantitative estimate of drug-likeness (QED) is 0.399. The molecule has 9 nitrogen and oxygen atoms in total. The molecule has 12 heteroatoms. The van der Waals surface area contributed by atoms with E-state index in [1.54, 1.807) is 36.4 Å². The van der Waals surface area contributed by atoms with Crippen molar-refractivity contribution < 1.29 is 22.7 Å². The summed E-state index contributed by atoms with van der Waals surface area (Å²) in [7, 11) is -3.60. The van der Waals surface area contributed by atoms with Gasteiger partial charge in [0.15, 0.2) is 5.84 Å². The lowest BCUT2D eigenvalue weighted by Gasteiger charge is -2.20. The van der Waals surface area contributed by atoms with Gasteiger partial charge in [0.05, 0.1) is 11.1 Å². The van der Waals surface area contributed by atoms with E-state index in [0.29, 0.717) is 16.1 Å². The first-order chi connectivity index (χ1) is 15.1. The highest BCUT2D eigenvalue weighted by atomic mass is 35.5. The lowest BCUT2D eigenvalue weighted by molar-refractivity contribution is -0.114. The third kappa shape index (κ3) is 4.49. The molecule has 4 rings (SSSR count). The largest absolute Gasteiger partial charge is 0.423 e. The van der Waals surface area contributed by atoms with E-state index in [4.69, 9.17) is 21.7 Å². The predicted octanol–water partition coefficient (Wildman–Crippen LogP) is 3.18. The molecule has 0 fully saturated rings. The molecule has 162 valence electrons. The third-order valence-corrected chi connectivity index (χ3v) is 7.06. The van der Waals surface area contributed by atoms with Crippen LogP contribution < -0.4 is 4.74 Å². The second-order valence-electron chi connectivity index (χ2n) is 6.62. The number of hydrogen-bond acceptors (Lipinski definition) is 8. The zero-order valence-electron chi connectivity index (χ0n) is 16.3. The van der Waals surface area contributed by atoms with Crippen molar-refractivity contribution in [1.82, 2.24) is 5.01 Å². The number of carbonyl (C=O) groups excluding carboxylic acids is 2. The molecule has 32 heavy (non-hydrogen) atoms. The molecule has 0 atom stereocenters. The van der Waals surface area contributed by atoms with Crippen molar-refractivity contribution in [1.29, 1.82) is 5.41 Å². The number of fused-ring (bicyclic) bond motifs is 1. The Hall–Kier alpha value is -3.28. The number of benzene rings is 2. The van der Waals surface area contributed by atoms with Crippen molar-refractivity contribution in [2.75, 3.05) is 6.26 Å². The first-order valence-electron chi connectivity index (χ1n) is 8.90.